The Labute approximate surface area is 170 Å². The molecule has 0 aliphatic heterocycles. The van der Waals surface area contributed by atoms with Gasteiger partial charge in [-0.1, -0.05) is 32.0 Å². The maximum Gasteiger partial charge on any atom is 0.344 e. The van der Waals surface area contributed by atoms with Gasteiger partial charge in [-0.25, -0.2) is 4.79 Å². The number of hydrogen-bond acceptors (Lipinski definition) is 6. The molecule has 0 aliphatic rings. The van der Waals surface area contributed by atoms with Crippen LogP contribution in [0.15, 0.2) is 54.6 Å². The van der Waals surface area contributed by atoms with Gasteiger partial charge >= 0.3 is 5.97 Å². The van der Waals surface area contributed by atoms with Crippen LogP contribution >= 0.6 is 0 Å². The van der Waals surface area contributed by atoms with Crippen molar-refractivity contribution < 1.29 is 19.1 Å². The molecular weight excluding hydrogens is 370 g/mol. The van der Waals surface area contributed by atoms with Gasteiger partial charge in [-0.15, -0.1) is 0 Å². The maximum absolute atomic E-state index is 11.9. The van der Waals surface area contributed by atoms with Crippen LogP contribution in [0.5, 0.6) is 5.75 Å². The highest BCUT2D eigenvalue weighted by Crippen LogP contribution is 2.20. The standard InChI is InChI=1S/C22H25N3O4/c1-16(2)22(3,15-23)25-20(26)13-29-21(27)14-28-19-11-9-18(10-12-19)24-17-7-5-4-6-8-17/h4-12,16,24H,13-14H2,1-3H3,(H,25,26)/t22-/m1/s1. The molecule has 2 N–H and O–H groups in total. The van der Waals surface area contributed by atoms with Gasteiger partial charge in [0.15, 0.2) is 13.2 Å². The zero-order valence-electron chi connectivity index (χ0n) is 16.8. The maximum atomic E-state index is 11.9. The van der Waals surface area contributed by atoms with E-state index in [1.807, 2.05) is 56.3 Å². The third-order valence-electron chi connectivity index (χ3n) is 4.42. The number of ether oxygens (including phenoxy) is 2. The normalized spacial score (nSPS) is 12.4. The van der Waals surface area contributed by atoms with Crippen LogP contribution in [-0.2, 0) is 14.3 Å². The molecule has 0 heterocycles. The molecule has 7 nitrogen and oxygen atoms in total. The lowest BCUT2D eigenvalue weighted by Crippen LogP contribution is -2.50. The lowest BCUT2D eigenvalue weighted by atomic mass is 9.90. The van der Waals surface area contributed by atoms with E-state index in [0.29, 0.717) is 5.75 Å². The van der Waals surface area contributed by atoms with Gasteiger partial charge in [-0.2, -0.15) is 5.26 Å². The number of rotatable bonds is 9. The molecule has 0 radical (unpaired) electrons. The third-order valence-corrected chi connectivity index (χ3v) is 4.42. The van der Waals surface area contributed by atoms with Gasteiger partial charge in [0.05, 0.1) is 6.07 Å². The molecule has 0 bridgehead atoms. The number of nitrogens with one attached hydrogen (secondary N) is 2. The van der Waals surface area contributed by atoms with Crippen molar-refractivity contribution in [2.45, 2.75) is 26.3 Å². The number of carbonyl (C=O) groups is 2. The Balaban J connectivity index is 1.75. The lowest BCUT2D eigenvalue weighted by Gasteiger charge is -2.27. The molecule has 29 heavy (non-hydrogen) atoms. The first-order chi connectivity index (χ1) is 13.8. The topological polar surface area (TPSA) is 100 Å². The van der Waals surface area contributed by atoms with Crippen LogP contribution in [0, 0.1) is 17.2 Å². The number of nitriles is 1. The van der Waals surface area contributed by atoms with Gasteiger partial charge in [0.25, 0.3) is 5.91 Å². The van der Waals surface area contributed by atoms with E-state index in [0.717, 1.165) is 11.4 Å². The summed E-state index contributed by atoms with van der Waals surface area (Å²) in [6.45, 7) is 4.48. The number of anilines is 2. The van der Waals surface area contributed by atoms with Crippen molar-refractivity contribution in [1.82, 2.24) is 5.32 Å². The van der Waals surface area contributed by atoms with Crippen LogP contribution in [0.2, 0.25) is 0 Å². The first kappa shape index (κ1) is 21.8. The minimum atomic E-state index is -1.02. The number of hydrogen-bond donors (Lipinski definition) is 2. The fourth-order valence-corrected chi connectivity index (χ4v) is 2.28. The van der Waals surface area contributed by atoms with E-state index in [9.17, 15) is 14.9 Å². The van der Waals surface area contributed by atoms with E-state index in [2.05, 4.69) is 16.7 Å². The molecule has 1 amide bonds. The van der Waals surface area contributed by atoms with Gasteiger partial charge in [0, 0.05) is 11.4 Å². The highest BCUT2D eigenvalue weighted by atomic mass is 16.6. The molecular formula is C22H25N3O4. The van der Waals surface area contributed by atoms with E-state index in [1.165, 1.54) is 0 Å². The van der Waals surface area contributed by atoms with Crippen LogP contribution in [0.4, 0.5) is 11.4 Å². The average Bonchev–Trinajstić information content (AvgIpc) is 2.72. The SMILES string of the molecule is CC(C)[C@@](C)(C#N)NC(=O)COC(=O)COc1ccc(Nc2ccccc2)cc1. The van der Waals surface area contributed by atoms with E-state index in [-0.39, 0.29) is 12.5 Å². The Morgan fingerprint density at radius 1 is 1.03 bits per heavy atom. The van der Waals surface area contributed by atoms with Crippen LogP contribution in [0.1, 0.15) is 20.8 Å². The minimum absolute atomic E-state index is 0.0881. The Kier molecular flexibility index (Phi) is 7.61. The quantitative estimate of drug-likeness (QED) is 0.631. The summed E-state index contributed by atoms with van der Waals surface area (Å²) in [5.74, 6) is -0.793. The third kappa shape index (κ3) is 6.85. The summed E-state index contributed by atoms with van der Waals surface area (Å²) in [5, 5.41) is 15.0. The van der Waals surface area contributed by atoms with Crippen LogP contribution in [0.3, 0.4) is 0 Å². The minimum Gasteiger partial charge on any atom is -0.482 e. The molecule has 0 saturated carbocycles. The fraction of sp³-hybridized carbons (Fsp3) is 0.318. The van der Waals surface area contributed by atoms with Gasteiger partial charge in [-0.05, 0) is 49.2 Å². The lowest BCUT2D eigenvalue weighted by molar-refractivity contribution is -0.150. The molecule has 0 aliphatic carbocycles. The van der Waals surface area contributed by atoms with E-state index >= 15 is 0 Å². The van der Waals surface area contributed by atoms with Crippen molar-refractivity contribution in [3.63, 3.8) is 0 Å². The van der Waals surface area contributed by atoms with Crippen molar-refractivity contribution in [1.29, 1.82) is 5.26 Å². The second-order valence-electron chi connectivity index (χ2n) is 6.98. The Bertz CT molecular complexity index is 860. The molecule has 0 fully saturated rings. The highest BCUT2D eigenvalue weighted by Gasteiger charge is 2.30. The summed E-state index contributed by atoms with van der Waals surface area (Å²) in [5.41, 5.74) is 0.830. The average molecular weight is 395 g/mol. The molecule has 0 spiro atoms. The summed E-state index contributed by atoms with van der Waals surface area (Å²) in [6, 6.07) is 18.9. The van der Waals surface area contributed by atoms with Crippen molar-refractivity contribution in [2.24, 2.45) is 5.92 Å². The smallest absolute Gasteiger partial charge is 0.344 e. The van der Waals surface area contributed by atoms with Gasteiger partial charge in [0.1, 0.15) is 11.3 Å². The summed E-state index contributed by atoms with van der Waals surface area (Å²) in [7, 11) is 0. The summed E-state index contributed by atoms with van der Waals surface area (Å²) in [6.07, 6.45) is 0. The molecule has 0 saturated heterocycles. The van der Waals surface area contributed by atoms with Crippen molar-refractivity contribution in [2.75, 3.05) is 18.5 Å². The van der Waals surface area contributed by atoms with Crippen molar-refractivity contribution in [3.8, 4) is 11.8 Å². The predicted octanol–water partition coefficient (Wildman–Crippen LogP) is 3.41. The fourth-order valence-electron chi connectivity index (χ4n) is 2.28. The van der Waals surface area contributed by atoms with E-state index in [4.69, 9.17) is 9.47 Å². The number of benzene rings is 2. The molecule has 7 heteroatoms. The van der Waals surface area contributed by atoms with E-state index in [1.54, 1.807) is 19.1 Å². The molecule has 1 atom stereocenters. The van der Waals surface area contributed by atoms with Crippen LogP contribution < -0.4 is 15.4 Å². The first-order valence-electron chi connectivity index (χ1n) is 9.25. The van der Waals surface area contributed by atoms with Crippen molar-refractivity contribution in [3.05, 3.63) is 54.6 Å². The van der Waals surface area contributed by atoms with Gasteiger partial charge < -0.3 is 20.1 Å². The largest absolute Gasteiger partial charge is 0.482 e. The Morgan fingerprint density at radius 3 is 2.24 bits per heavy atom. The highest BCUT2D eigenvalue weighted by molar-refractivity contribution is 5.81. The van der Waals surface area contributed by atoms with Gasteiger partial charge in [-0.3, -0.25) is 4.79 Å². The molecule has 2 aromatic carbocycles. The second kappa shape index (κ2) is 10.1. The summed E-state index contributed by atoms with van der Waals surface area (Å²) < 4.78 is 10.3. The summed E-state index contributed by atoms with van der Waals surface area (Å²) in [4.78, 5) is 23.7. The number of amides is 1. The van der Waals surface area contributed by atoms with Crippen LogP contribution in [-0.4, -0.2) is 30.6 Å². The Hall–Kier alpha value is -3.53. The molecule has 2 aromatic rings. The number of carbonyl (C=O) groups excluding carboxylic acids is 2. The van der Waals surface area contributed by atoms with E-state index < -0.39 is 24.0 Å². The summed E-state index contributed by atoms with van der Waals surface area (Å²) >= 11 is 0. The van der Waals surface area contributed by atoms with Crippen LogP contribution in [0.25, 0.3) is 0 Å². The first-order valence-corrected chi connectivity index (χ1v) is 9.25. The second-order valence-corrected chi connectivity index (χ2v) is 6.98. The number of nitrogens with zero attached hydrogens (tertiary/aromatic N) is 1. The molecule has 0 aromatic heterocycles. The predicted molar refractivity (Wildman–Crippen MR) is 110 cm³/mol. The monoisotopic (exact) mass is 395 g/mol. The van der Waals surface area contributed by atoms with Crippen molar-refractivity contribution >= 4 is 23.3 Å². The molecule has 0 unspecified atom stereocenters. The number of esters is 1. The molecule has 2 rings (SSSR count). The molecule has 152 valence electrons. The zero-order valence-corrected chi connectivity index (χ0v) is 16.8. The zero-order chi connectivity index (χ0) is 21.3. The van der Waals surface area contributed by atoms with Gasteiger partial charge in [0.2, 0.25) is 0 Å². The Morgan fingerprint density at radius 2 is 1.66 bits per heavy atom. The number of para-hydroxylation sites is 1.